The lowest BCUT2D eigenvalue weighted by atomic mass is 10.1. The molecule has 3 aromatic heterocycles. The number of pyridine rings is 3. The van der Waals surface area contributed by atoms with Gasteiger partial charge in [0.25, 0.3) is 0 Å². The number of fused-ring (bicyclic) bond motifs is 1. The van der Waals surface area contributed by atoms with Crippen LogP contribution in [0.2, 0.25) is 0 Å². The van der Waals surface area contributed by atoms with E-state index >= 15 is 0 Å². The fraction of sp³-hybridized carbons (Fsp3) is 0.318. The van der Waals surface area contributed by atoms with Crippen LogP contribution in [0.3, 0.4) is 0 Å². The van der Waals surface area contributed by atoms with Crippen molar-refractivity contribution in [2.24, 2.45) is 16.6 Å². The molecule has 1 saturated heterocycles. The Balaban J connectivity index is 1.46. The van der Waals surface area contributed by atoms with Gasteiger partial charge in [-0.25, -0.2) is 24.3 Å². The lowest BCUT2D eigenvalue weighted by Crippen LogP contribution is -2.48. The molecule has 2 aliphatic rings. The van der Waals surface area contributed by atoms with Crippen LogP contribution in [0, 0.1) is 5.92 Å². The van der Waals surface area contributed by atoms with E-state index in [2.05, 4.69) is 30.6 Å². The van der Waals surface area contributed by atoms with E-state index in [0.717, 1.165) is 29.3 Å². The maximum Gasteiger partial charge on any atom is 0.228 e. The van der Waals surface area contributed by atoms with E-state index in [4.69, 9.17) is 5.73 Å². The number of aromatic nitrogens is 3. The lowest BCUT2D eigenvalue weighted by molar-refractivity contribution is -0.117. The highest BCUT2D eigenvalue weighted by Gasteiger charge is 2.30. The Bertz CT molecular complexity index is 1200. The van der Waals surface area contributed by atoms with Crippen molar-refractivity contribution < 1.29 is 9.18 Å². The third-order valence-electron chi connectivity index (χ3n) is 5.65. The summed E-state index contributed by atoms with van der Waals surface area (Å²) in [4.78, 5) is 31.6. The largest absolute Gasteiger partial charge is 0.383 e. The van der Waals surface area contributed by atoms with Gasteiger partial charge in [0.15, 0.2) is 5.82 Å². The van der Waals surface area contributed by atoms with Crippen LogP contribution in [0.1, 0.15) is 18.4 Å². The predicted molar refractivity (Wildman–Crippen MR) is 122 cm³/mol. The van der Waals surface area contributed by atoms with Crippen molar-refractivity contribution in [2.75, 3.05) is 35.7 Å². The zero-order chi connectivity index (χ0) is 22.2. The molecule has 4 N–H and O–H groups in total. The Hall–Kier alpha value is -3.82. The molecule has 1 amide bonds. The smallest absolute Gasteiger partial charge is 0.228 e. The van der Waals surface area contributed by atoms with Gasteiger partial charge in [0, 0.05) is 41.7 Å². The van der Waals surface area contributed by atoms with Gasteiger partial charge in [-0.1, -0.05) is 0 Å². The van der Waals surface area contributed by atoms with E-state index in [1.807, 2.05) is 11.0 Å². The van der Waals surface area contributed by atoms with Gasteiger partial charge in [-0.15, -0.1) is 0 Å². The molecule has 0 atom stereocenters. The van der Waals surface area contributed by atoms with Crippen LogP contribution in [0.25, 0.3) is 10.8 Å². The molecule has 4 heterocycles. The van der Waals surface area contributed by atoms with Crippen LogP contribution in [-0.2, 0) is 4.79 Å². The van der Waals surface area contributed by atoms with E-state index in [1.165, 1.54) is 0 Å². The Morgan fingerprint density at radius 2 is 1.97 bits per heavy atom. The molecular formula is C22H23FN8O. The Morgan fingerprint density at radius 3 is 2.62 bits per heavy atom. The first kappa shape index (κ1) is 20.1. The maximum atomic E-state index is 13.1. The van der Waals surface area contributed by atoms with Gasteiger partial charge in [-0.3, -0.25) is 4.79 Å². The summed E-state index contributed by atoms with van der Waals surface area (Å²) in [5.41, 5.74) is 7.79. The molecule has 0 bridgehead atoms. The molecule has 1 aliphatic heterocycles. The van der Waals surface area contributed by atoms with Crippen molar-refractivity contribution in [1.82, 2.24) is 15.0 Å². The van der Waals surface area contributed by atoms with E-state index in [-0.39, 0.29) is 17.7 Å². The average Bonchev–Trinajstić information content (AvgIpc) is 3.62. The number of nitrogens with zero attached hydrogens (tertiary/aromatic N) is 5. The van der Waals surface area contributed by atoms with Gasteiger partial charge in [0.2, 0.25) is 5.91 Å². The van der Waals surface area contributed by atoms with Gasteiger partial charge < -0.3 is 21.3 Å². The highest BCUT2D eigenvalue weighted by atomic mass is 19.1. The standard InChI is InChI=1S/C22H23FN8O/c1-25-21-17-9-27-19(30-22(32)12-2-3-12)6-15(17)16(8-28-21)20(24)29-18-5-4-14(7-26-18)31-10-13(23)11-31/h4-9,12-13H,2-3,10-11H2,1H3,(H,25,28)(H2,24,26,29)(H,27,30,32). The summed E-state index contributed by atoms with van der Waals surface area (Å²) < 4.78 is 13.1. The predicted octanol–water partition coefficient (Wildman–Crippen LogP) is 2.61. The molecule has 9 nitrogen and oxygen atoms in total. The van der Waals surface area contributed by atoms with Crippen LogP contribution < -0.4 is 21.3 Å². The number of rotatable bonds is 6. The SMILES string of the molecule is CNc1ncc(C(N)=Nc2ccc(N3CC(F)C3)cn2)c2cc(NC(=O)C3CC3)ncc12. The Labute approximate surface area is 184 Å². The summed E-state index contributed by atoms with van der Waals surface area (Å²) in [6, 6.07) is 5.37. The van der Waals surface area contributed by atoms with Gasteiger partial charge in [0.1, 0.15) is 23.6 Å². The second kappa shape index (κ2) is 8.03. The van der Waals surface area contributed by atoms with Crippen molar-refractivity contribution >= 4 is 45.7 Å². The lowest BCUT2D eigenvalue weighted by Gasteiger charge is -2.36. The van der Waals surface area contributed by atoms with E-state index in [0.29, 0.717) is 36.1 Å². The van der Waals surface area contributed by atoms with Crippen LogP contribution in [0.5, 0.6) is 0 Å². The van der Waals surface area contributed by atoms with Gasteiger partial charge in [-0.05, 0) is 31.0 Å². The first-order chi connectivity index (χ1) is 15.5. The van der Waals surface area contributed by atoms with Crippen molar-refractivity contribution in [1.29, 1.82) is 0 Å². The van der Waals surface area contributed by atoms with Crippen molar-refractivity contribution in [2.45, 2.75) is 19.0 Å². The highest BCUT2D eigenvalue weighted by molar-refractivity contribution is 6.12. The molecule has 0 spiro atoms. The van der Waals surface area contributed by atoms with Gasteiger partial charge in [0.05, 0.1) is 25.0 Å². The molecular weight excluding hydrogens is 411 g/mol. The zero-order valence-electron chi connectivity index (χ0n) is 17.5. The molecule has 10 heteroatoms. The molecule has 0 aromatic carbocycles. The number of amides is 1. The topological polar surface area (TPSA) is 121 Å². The summed E-state index contributed by atoms with van der Waals surface area (Å²) in [6.07, 6.45) is 6.00. The molecule has 3 aromatic rings. The minimum Gasteiger partial charge on any atom is -0.383 e. The van der Waals surface area contributed by atoms with Crippen molar-refractivity contribution in [3.8, 4) is 0 Å². The monoisotopic (exact) mass is 434 g/mol. The Kier molecular flexibility index (Phi) is 5.04. The number of hydrogen-bond donors (Lipinski definition) is 3. The molecule has 32 heavy (non-hydrogen) atoms. The number of anilines is 3. The molecule has 0 unspecified atom stereocenters. The minimum absolute atomic E-state index is 0.0199. The summed E-state index contributed by atoms with van der Waals surface area (Å²) in [6.45, 7) is 0.769. The number of alkyl halides is 1. The third kappa shape index (κ3) is 3.91. The second-order valence-corrected chi connectivity index (χ2v) is 8.02. The summed E-state index contributed by atoms with van der Waals surface area (Å²) in [5.74, 6) is 1.83. The summed E-state index contributed by atoms with van der Waals surface area (Å²) in [5, 5.41) is 7.43. The number of amidine groups is 1. The number of aliphatic imine (C=N–C) groups is 1. The van der Waals surface area contributed by atoms with E-state index < -0.39 is 6.17 Å². The number of nitrogens with one attached hydrogen (secondary N) is 2. The van der Waals surface area contributed by atoms with Crippen LogP contribution >= 0.6 is 0 Å². The average molecular weight is 434 g/mol. The number of hydrogen-bond acceptors (Lipinski definition) is 7. The number of nitrogens with two attached hydrogens (primary N) is 1. The van der Waals surface area contributed by atoms with Gasteiger partial charge >= 0.3 is 0 Å². The molecule has 1 saturated carbocycles. The third-order valence-corrected chi connectivity index (χ3v) is 5.65. The summed E-state index contributed by atoms with van der Waals surface area (Å²) >= 11 is 0. The van der Waals surface area contributed by atoms with Crippen LogP contribution in [-0.4, -0.2) is 53.0 Å². The fourth-order valence-electron chi connectivity index (χ4n) is 3.63. The summed E-state index contributed by atoms with van der Waals surface area (Å²) in [7, 11) is 1.77. The van der Waals surface area contributed by atoms with Gasteiger partial charge in [-0.2, -0.15) is 0 Å². The fourth-order valence-corrected chi connectivity index (χ4v) is 3.63. The van der Waals surface area contributed by atoms with Crippen molar-refractivity contribution in [3.63, 3.8) is 0 Å². The normalized spacial score (nSPS) is 16.7. The molecule has 2 fully saturated rings. The second-order valence-electron chi connectivity index (χ2n) is 8.02. The molecule has 5 rings (SSSR count). The van der Waals surface area contributed by atoms with E-state index in [1.54, 1.807) is 37.8 Å². The Morgan fingerprint density at radius 1 is 1.16 bits per heavy atom. The first-order valence-corrected chi connectivity index (χ1v) is 10.5. The molecule has 164 valence electrons. The first-order valence-electron chi connectivity index (χ1n) is 10.5. The number of halogens is 1. The zero-order valence-corrected chi connectivity index (χ0v) is 17.5. The quantitative estimate of drug-likeness (QED) is 0.403. The van der Waals surface area contributed by atoms with Crippen LogP contribution in [0.4, 0.5) is 27.5 Å². The highest BCUT2D eigenvalue weighted by Crippen LogP contribution is 2.31. The molecule has 0 radical (unpaired) electrons. The molecule has 1 aliphatic carbocycles. The maximum absolute atomic E-state index is 13.1. The van der Waals surface area contributed by atoms with Crippen molar-refractivity contribution in [3.05, 3.63) is 42.4 Å². The minimum atomic E-state index is -0.779. The van der Waals surface area contributed by atoms with Crippen LogP contribution in [0.15, 0.2) is 41.8 Å². The number of carbonyl (C=O) groups excluding carboxylic acids is 1. The van der Waals surface area contributed by atoms with E-state index in [9.17, 15) is 9.18 Å². The number of carbonyl (C=O) groups is 1.